The summed E-state index contributed by atoms with van der Waals surface area (Å²) in [4.78, 5) is 0. The van der Waals surface area contributed by atoms with Gasteiger partial charge >= 0.3 is 0 Å². The van der Waals surface area contributed by atoms with Gasteiger partial charge in [0.1, 0.15) is 35.5 Å². The summed E-state index contributed by atoms with van der Waals surface area (Å²) in [6.07, 6.45) is 12.9. The average Bonchev–Trinajstić information content (AvgIpc) is 3.69. The maximum absolute atomic E-state index is 2.58. The van der Waals surface area contributed by atoms with Crippen LogP contribution in [-0.2, 0) is 0 Å². The molecule has 0 amide bonds. The number of aryl methyl sites for hydroxylation is 9. The fourth-order valence-corrected chi connectivity index (χ4v) is 10.1. The second-order valence-electron chi connectivity index (χ2n) is 17.3. The third kappa shape index (κ3) is 6.93. The molecule has 56 heavy (non-hydrogen) atoms. The molecule has 3 unspecified atom stereocenters. The molecule has 0 radical (unpaired) electrons. The van der Waals surface area contributed by atoms with Crippen molar-refractivity contribution < 1.29 is 9.13 Å². The monoisotopic (exact) mass is 742 g/mol. The Morgan fingerprint density at radius 2 is 1.11 bits per heavy atom. The Morgan fingerprint density at radius 3 is 1.61 bits per heavy atom. The minimum Gasteiger partial charge on any atom is -0.229 e. The van der Waals surface area contributed by atoms with Crippen molar-refractivity contribution in [3.63, 3.8) is 0 Å². The first kappa shape index (κ1) is 39.0. The predicted molar refractivity (Wildman–Crippen MR) is 235 cm³/mol. The summed E-state index contributed by atoms with van der Waals surface area (Å²) in [6, 6.07) is 23.6. The van der Waals surface area contributed by atoms with Crippen LogP contribution in [0, 0.1) is 68.2 Å². The van der Waals surface area contributed by atoms with E-state index in [-0.39, 0.29) is 6.04 Å². The second kappa shape index (κ2) is 15.0. The summed E-state index contributed by atoms with van der Waals surface area (Å²) in [6.45, 7) is 31.7. The minimum atomic E-state index is 0.261. The van der Waals surface area contributed by atoms with Crippen molar-refractivity contribution in [2.45, 2.75) is 115 Å². The number of hydrogen-bond donors (Lipinski definition) is 0. The van der Waals surface area contributed by atoms with Gasteiger partial charge in [0.2, 0.25) is 6.33 Å². The van der Waals surface area contributed by atoms with E-state index in [9.17, 15) is 0 Å². The van der Waals surface area contributed by atoms with E-state index < -0.39 is 0 Å². The maximum Gasteiger partial charge on any atom is 0.270 e. The van der Waals surface area contributed by atoms with E-state index in [0.717, 1.165) is 6.42 Å². The van der Waals surface area contributed by atoms with Gasteiger partial charge in [-0.05, 0) is 146 Å². The van der Waals surface area contributed by atoms with Crippen LogP contribution in [0.3, 0.4) is 0 Å². The molecule has 1 aliphatic carbocycles. The quantitative estimate of drug-likeness (QED) is 0.138. The van der Waals surface area contributed by atoms with Crippen LogP contribution in [0.2, 0.25) is 0 Å². The molecule has 288 valence electrons. The lowest BCUT2D eigenvalue weighted by molar-refractivity contribution is -0.718. The molecular formula is C52H62N4+2. The van der Waals surface area contributed by atoms with Crippen molar-refractivity contribution in [1.29, 1.82) is 0 Å². The van der Waals surface area contributed by atoms with E-state index in [2.05, 4.69) is 207 Å². The number of aromatic nitrogens is 4. The molecule has 0 saturated carbocycles. The molecule has 0 saturated heterocycles. The fraction of sp³-hybridized carbons (Fsp3) is 0.346. The van der Waals surface area contributed by atoms with Crippen molar-refractivity contribution in [3.05, 3.63) is 159 Å². The molecule has 7 rings (SSSR count). The van der Waals surface area contributed by atoms with Gasteiger partial charge in [-0.25, -0.2) is 4.57 Å². The normalized spacial score (nSPS) is 16.2. The topological polar surface area (TPSA) is 17.6 Å². The average molecular weight is 743 g/mol. The Bertz CT molecular complexity index is 2480. The lowest BCUT2D eigenvalue weighted by Gasteiger charge is -2.23. The van der Waals surface area contributed by atoms with Crippen LogP contribution in [-0.4, -0.2) is 9.13 Å². The largest absolute Gasteiger partial charge is 0.270 e. The Labute approximate surface area is 336 Å². The first-order chi connectivity index (χ1) is 26.6. The highest BCUT2D eigenvalue weighted by Crippen LogP contribution is 2.37. The van der Waals surface area contributed by atoms with Gasteiger partial charge in [-0.1, -0.05) is 91.6 Å². The maximum atomic E-state index is 2.58. The van der Waals surface area contributed by atoms with Crippen molar-refractivity contribution in [1.82, 2.24) is 9.13 Å². The predicted octanol–water partition coefficient (Wildman–Crippen LogP) is 12.5. The standard InChI is InChI=1S/C52H62N4/c1-15-35(6)52-54(49-38(9)22-32(3)23-39(49)10)29-47(56(52)51-42(13)26-34(5)27-43(51)14)45-18-16-44(17-19-45)46-28-53(48-36(7)20-31(2)21-37(48)8)30-55(46)50-40(11)24-33(4)25-41(50)12/h16-30,35-36,48H,15H2,1-14H3/q+2. The SMILES string of the molecule is CCC(C)c1n(-c2c(C)cc(C)cc2C)c(-c2ccc(-c3c[n+](C4C(C)=CC(C)=CC4C)cn3-c3c(C)cc(C)cc3C)cc2)c[n+]1-c1c(C)cc(C)cc1C. The third-order valence-corrected chi connectivity index (χ3v) is 12.2. The summed E-state index contributed by atoms with van der Waals surface area (Å²) in [7, 11) is 0. The van der Waals surface area contributed by atoms with Crippen LogP contribution in [0.15, 0.2) is 103 Å². The van der Waals surface area contributed by atoms with Gasteiger partial charge in [0.25, 0.3) is 5.82 Å². The first-order valence-corrected chi connectivity index (χ1v) is 20.6. The van der Waals surface area contributed by atoms with Gasteiger partial charge in [0.15, 0.2) is 11.4 Å². The number of allylic oxidation sites excluding steroid dienone is 4. The summed E-state index contributed by atoms with van der Waals surface area (Å²) in [5.74, 6) is 2.03. The van der Waals surface area contributed by atoms with Crippen LogP contribution in [0.1, 0.15) is 109 Å². The van der Waals surface area contributed by atoms with Gasteiger partial charge in [0, 0.05) is 17.0 Å². The third-order valence-electron chi connectivity index (χ3n) is 12.2. The van der Waals surface area contributed by atoms with E-state index in [1.165, 1.54) is 107 Å². The molecule has 2 heterocycles. The highest BCUT2D eigenvalue weighted by atomic mass is 15.2. The Morgan fingerprint density at radius 1 is 0.625 bits per heavy atom. The van der Waals surface area contributed by atoms with Gasteiger partial charge < -0.3 is 0 Å². The first-order valence-electron chi connectivity index (χ1n) is 20.6. The van der Waals surface area contributed by atoms with Gasteiger partial charge in [-0.15, -0.1) is 0 Å². The summed E-state index contributed by atoms with van der Waals surface area (Å²) in [5, 5.41) is 0. The highest BCUT2D eigenvalue weighted by molar-refractivity contribution is 5.70. The summed E-state index contributed by atoms with van der Waals surface area (Å²) < 4.78 is 9.97. The second-order valence-corrected chi connectivity index (χ2v) is 17.3. The van der Waals surface area contributed by atoms with Crippen molar-refractivity contribution in [2.24, 2.45) is 5.92 Å². The molecule has 4 aromatic carbocycles. The molecule has 0 aliphatic heterocycles. The van der Waals surface area contributed by atoms with E-state index in [1.807, 2.05) is 0 Å². The van der Waals surface area contributed by atoms with Crippen LogP contribution in [0.25, 0.3) is 39.6 Å². The van der Waals surface area contributed by atoms with Gasteiger partial charge in [-0.2, -0.15) is 13.7 Å². The summed E-state index contributed by atoms with van der Waals surface area (Å²) >= 11 is 0. The molecular weight excluding hydrogens is 681 g/mol. The van der Waals surface area contributed by atoms with Gasteiger partial charge in [-0.3, -0.25) is 0 Å². The number of rotatable bonds is 8. The molecule has 4 nitrogen and oxygen atoms in total. The number of benzene rings is 4. The van der Waals surface area contributed by atoms with Crippen LogP contribution in [0.5, 0.6) is 0 Å². The molecule has 6 aromatic rings. The van der Waals surface area contributed by atoms with Gasteiger partial charge in [0.05, 0.1) is 5.92 Å². The van der Waals surface area contributed by atoms with E-state index in [4.69, 9.17) is 0 Å². The molecule has 4 heteroatoms. The molecule has 3 atom stereocenters. The number of imidazole rings is 2. The van der Waals surface area contributed by atoms with E-state index in [0.29, 0.717) is 11.8 Å². The van der Waals surface area contributed by atoms with E-state index in [1.54, 1.807) is 0 Å². The zero-order chi connectivity index (χ0) is 40.3. The smallest absolute Gasteiger partial charge is 0.229 e. The molecule has 1 aliphatic rings. The molecule has 0 N–H and O–H groups in total. The Hall–Kier alpha value is -5.22. The van der Waals surface area contributed by atoms with E-state index >= 15 is 0 Å². The molecule has 0 spiro atoms. The zero-order valence-electron chi connectivity index (χ0n) is 36.4. The van der Waals surface area contributed by atoms with Crippen molar-refractivity contribution >= 4 is 0 Å². The fourth-order valence-electron chi connectivity index (χ4n) is 10.1. The Kier molecular flexibility index (Phi) is 10.5. The molecule has 0 fully saturated rings. The molecule has 0 bridgehead atoms. The highest BCUT2D eigenvalue weighted by Gasteiger charge is 2.34. The number of hydrogen-bond acceptors (Lipinski definition) is 0. The summed E-state index contributed by atoms with van der Waals surface area (Å²) in [5.41, 5.74) is 23.0. The van der Waals surface area contributed by atoms with Crippen LogP contribution in [0.4, 0.5) is 0 Å². The lowest BCUT2D eigenvalue weighted by atomic mass is 9.87. The van der Waals surface area contributed by atoms with Crippen LogP contribution >= 0.6 is 0 Å². The lowest BCUT2D eigenvalue weighted by Crippen LogP contribution is -2.42. The van der Waals surface area contributed by atoms with Crippen LogP contribution < -0.4 is 9.13 Å². The number of nitrogens with zero attached hydrogens (tertiary/aromatic N) is 4. The zero-order valence-corrected chi connectivity index (χ0v) is 36.4. The molecule has 2 aromatic heterocycles. The Balaban J connectivity index is 1.46. The minimum absolute atomic E-state index is 0.261. The van der Waals surface area contributed by atoms with Crippen molar-refractivity contribution in [2.75, 3.05) is 0 Å². The van der Waals surface area contributed by atoms with Crippen molar-refractivity contribution in [3.8, 4) is 39.6 Å².